The van der Waals surface area contributed by atoms with E-state index in [0.29, 0.717) is 0 Å². The van der Waals surface area contributed by atoms with E-state index in [0.717, 1.165) is 17.1 Å². The Morgan fingerprint density at radius 3 is 0.938 bits per heavy atom. The maximum absolute atomic E-state index is 2.35. The summed E-state index contributed by atoms with van der Waals surface area (Å²) in [6.45, 7) is 6.36. The van der Waals surface area contributed by atoms with E-state index in [4.69, 9.17) is 0 Å². The molecule has 1 nitrogen and oxygen atoms in total. The molecule has 0 aliphatic heterocycles. The summed E-state index contributed by atoms with van der Waals surface area (Å²) in [6, 6.07) is 87.0. The highest BCUT2D eigenvalue weighted by Crippen LogP contribution is 2.41. The highest BCUT2D eigenvalue weighted by atomic mass is 15.1. The van der Waals surface area contributed by atoms with Gasteiger partial charge in [0.2, 0.25) is 0 Å². The normalized spacial score (nSPS) is 11.0. The van der Waals surface area contributed by atoms with Gasteiger partial charge in [-0.3, -0.25) is 0 Å². The van der Waals surface area contributed by atoms with Crippen LogP contribution in [0.3, 0.4) is 0 Å². The molecule has 0 N–H and O–H groups in total. The number of nitrogens with zero attached hydrogens (tertiary/aromatic N) is 1. The van der Waals surface area contributed by atoms with Crippen LogP contribution in [0.1, 0.15) is 16.7 Å². The topological polar surface area (TPSA) is 3.24 Å². The van der Waals surface area contributed by atoms with Crippen molar-refractivity contribution in [3.63, 3.8) is 0 Å². The Kier molecular flexibility index (Phi) is 11.1. The maximum atomic E-state index is 2.35. The standard InChI is InChI=1S/C37H27N.C19H14.C7H8/c1-26-15-17-27(18-16-26)28-19-21-30(22-20-28)38(29-9-3-2-4-10-29)31-23-24-36-34-13-6-5-11-32(34)33-12-7-8-14-35(33)37(36)25-31;1-13-10-11-18-16-8-3-2-6-14(16)15-7-4-5-9-17(15)19(18)12-13;1-7-5-3-2-4-6-7/h2-25H,1H3;2-12H,1H3;2-6H,1H3. The van der Waals surface area contributed by atoms with E-state index in [-0.39, 0.29) is 0 Å². The molecule has 12 aromatic rings. The molecule has 0 heterocycles. The SMILES string of the molecule is Cc1ccc(-c2ccc(N(c3ccccc3)c3ccc4c5ccccc5c5ccccc5c4c3)cc2)cc1.Cc1ccc2c3ccccc3c3ccccc3c2c1.Cc1ccccc1. The fraction of sp³-hybridized carbons (Fsp3) is 0.0476. The molecule has 0 aromatic heterocycles. The van der Waals surface area contributed by atoms with Crippen molar-refractivity contribution in [2.45, 2.75) is 20.8 Å². The molecule has 0 atom stereocenters. The van der Waals surface area contributed by atoms with Crippen molar-refractivity contribution in [2.24, 2.45) is 0 Å². The van der Waals surface area contributed by atoms with Gasteiger partial charge in [-0.05, 0) is 133 Å². The van der Waals surface area contributed by atoms with Crippen molar-refractivity contribution in [2.75, 3.05) is 4.90 Å². The second-order valence-corrected chi connectivity index (χ2v) is 16.7. The molecule has 0 spiro atoms. The summed E-state index contributed by atoms with van der Waals surface area (Å²) in [5.74, 6) is 0. The van der Waals surface area contributed by atoms with Gasteiger partial charge in [-0.1, -0.05) is 223 Å². The number of rotatable bonds is 4. The second-order valence-electron chi connectivity index (χ2n) is 16.7. The number of benzene rings is 12. The molecular formula is C63H49N. The quantitative estimate of drug-likeness (QED) is 0.160. The highest BCUT2D eigenvalue weighted by molar-refractivity contribution is 6.26. The summed E-state index contributed by atoms with van der Waals surface area (Å²) in [4.78, 5) is 2.35. The Bertz CT molecular complexity index is 3480. The van der Waals surface area contributed by atoms with Gasteiger partial charge >= 0.3 is 0 Å². The Labute approximate surface area is 376 Å². The van der Waals surface area contributed by atoms with Crippen molar-refractivity contribution in [3.8, 4) is 11.1 Å². The number of hydrogen-bond donors (Lipinski definition) is 0. The molecule has 0 saturated carbocycles. The van der Waals surface area contributed by atoms with Crippen LogP contribution in [0.25, 0.3) is 75.8 Å². The van der Waals surface area contributed by atoms with Gasteiger partial charge in [-0.25, -0.2) is 0 Å². The molecule has 0 fully saturated rings. The van der Waals surface area contributed by atoms with Gasteiger partial charge in [-0.2, -0.15) is 0 Å². The molecule has 0 bridgehead atoms. The minimum absolute atomic E-state index is 1.14. The first-order valence-corrected chi connectivity index (χ1v) is 22.2. The number of fused-ring (bicyclic) bond motifs is 12. The monoisotopic (exact) mass is 819 g/mol. The molecule has 0 saturated heterocycles. The largest absolute Gasteiger partial charge is 0.310 e. The minimum Gasteiger partial charge on any atom is -0.310 e. The summed E-state index contributed by atoms with van der Waals surface area (Å²) in [6.07, 6.45) is 0. The molecule has 12 rings (SSSR count). The highest BCUT2D eigenvalue weighted by Gasteiger charge is 2.16. The lowest BCUT2D eigenvalue weighted by atomic mass is 9.93. The van der Waals surface area contributed by atoms with Gasteiger partial charge in [0.1, 0.15) is 0 Å². The zero-order valence-electron chi connectivity index (χ0n) is 36.5. The van der Waals surface area contributed by atoms with Gasteiger partial charge in [0.25, 0.3) is 0 Å². The summed E-state index contributed by atoms with van der Waals surface area (Å²) in [7, 11) is 0. The van der Waals surface area contributed by atoms with Gasteiger partial charge in [0.15, 0.2) is 0 Å². The van der Waals surface area contributed by atoms with Crippen LogP contribution in [0.5, 0.6) is 0 Å². The second kappa shape index (κ2) is 17.8. The molecule has 64 heavy (non-hydrogen) atoms. The number of para-hydroxylation sites is 1. The third-order valence-corrected chi connectivity index (χ3v) is 12.4. The van der Waals surface area contributed by atoms with Crippen molar-refractivity contribution in [1.29, 1.82) is 0 Å². The van der Waals surface area contributed by atoms with Crippen LogP contribution in [0.15, 0.2) is 243 Å². The minimum atomic E-state index is 1.14. The number of anilines is 3. The van der Waals surface area contributed by atoms with Gasteiger partial charge in [0.05, 0.1) is 0 Å². The van der Waals surface area contributed by atoms with Crippen LogP contribution >= 0.6 is 0 Å². The first kappa shape index (κ1) is 40.1. The van der Waals surface area contributed by atoms with Crippen LogP contribution in [0.4, 0.5) is 17.1 Å². The molecule has 1 heteroatoms. The van der Waals surface area contributed by atoms with Crippen molar-refractivity contribution < 1.29 is 0 Å². The Hall–Kier alpha value is -8.00. The van der Waals surface area contributed by atoms with Crippen LogP contribution in [-0.4, -0.2) is 0 Å². The van der Waals surface area contributed by atoms with E-state index in [1.54, 1.807) is 0 Å². The van der Waals surface area contributed by atoms with E-state index in [1.807, 2.05) is 18.2 Å². The molecule has 0 radical (unpaired) electrons. The van der Waals surface area contributed by atoms with Crippen molar-refractivity contribution in [1.82, 2.24) is 0 Å². The predicted molar refractivity (Wildman–Crippen MR) is 279 cm³/mol. The van der Waals surface area contributed by atoms with E-state index < -0.39 is 0 Å². The average molecular weight is 820 g/mol. The van der Waals surface area contributed by atoms with Crippen molar-refractivity contribution in [3.05, 3.63) is 259 Å². The summed E-state index contributed by atoms with van der Waals surface area (Å²) in [5, 5.41) is 15.8. The van der Waals surface area contributed by atoms with Crippen LogP contribution < -0.4 is 4.90 Å². The van der Waals surface area contributed by atoms with E-state index in [2.05, 4.69) is 250 Å². The first-order valence-electron chi connectivity index (χ1n) is 22.2. The van der Waals surface area contributed by atoms with Crippen LogP contribution in [0.2, 0.25) is 0 Å². The summed E-state index contributed by atoms with van der Waals surface area (Å²) >= 11 is 0. The Morgan fingerprint density at radius 1 is 0.203 bits per heavy atom. The Balaban J connectivity index is 0.000000153. The molecule has 12 aromatic carbocycles. The molecule has 0 unspecified atom stereocenters. The number of aryl methyl sites for hydroxylation is 3. The van der Waals surface area contributed by atoms with Gasteiger partial charge in [-0.15, -0.1) is 0 Å². The third-order valence-electron chi connectivity index (χ3n) is 12.4. The molecule has 0 aliphatic carbocycles. The molecular weight excluding hydrogens is 771 g/mol. The van der Waals surface area contributed by atoms with Crippen LogP contribution in [0, 0.1) is 20.8 Å². The zero-order valence-corrected chi connectivity index (χ0v) is 36.5. The lowest BCUT2D eigenvalue weighted by molar-refractivity contribution is 1.29. The smallest absolute Gasteiger partial charge is 0.0468 e. The first-order chi connectivity index (χ1) is 31.5. The third kappa shape index (κ3) is 7.97. The summed E-state index contributed by atoms with van der Waals surface area (Å²) < 4.78 is 0. The zero-order chi connectivity index (χ0) is 43.4. The van der Waals surface area contributed by atoms with Gasteiger partial charge < -0.3 is 4.90 Å². The van der Waals surface area contributed by atoms with Crippen molar-refractivity contribution >= 4 is 81.7 Å². The molecule has 0 amide bonds. The van der Waals surface area contributed by atoms with E-state index in [9.17, 15) is 0 Å². The summed E-state index contributed by atoms with van der Waals surface area (Å²) in [5.41, 5.74) is 9.78. The lowest BCUT2D eigenvalue weighted by Gasteiger charge is -2.26. The van der Waals surface area contributed by atoms with Crippen LogP contribution in [-0.2, 0) is 0 Å². The van der Waals surface area contributed by atoms with Gasteiger partial charge in [0, 0.05) is 17.1 Å². The van der Waals surface area contributed by atoms with E-state index in [1.165, 1.54) is 92.5 Å². The lowest BCUT2D eigenvalue weighted by Crippen LogP contribution is -2.09. The predicted octanol–water partition coefficient (Wildman–Crippen LogP) is 18.0. The molecule has 306 valence electrons. The fourth-order valence-electron chi connectivity index (χ4n) is 9.16. The fourth-order valence-corrected chi connectivity index (χ4v) is 9.16. The maximum Gasteiger partial charge on any atom is 0.0468 e. The number of hydrogen-bond acceptors (Lipinski definition) is 1. The average Bonchev–Trinajstić information content (AvgIpc) is 3.36. The molecule has 0 aliphatic rings. The van der Waals surface area contributed by atoms with E-state index >= 15 is 0 Å². The Morgan fingerprint density at radius 2 is 0.500 bits per heavy atom.